The Bertz CT molecular complexity index is 601. The molecule has 152 valence electrons. The average Bonchev–Trinajstić information content (AvgIpc) is 3.30. The van der Waals surface area contributed by atoms with E-state index in [-0.39, 0.29) is 0 Å². The van der Waals surface area contributed by atoms with Crippen molar-refractivity contribution in [3.63, 3.8) is 0 Å². The van der Waals surface area contributed by atoms with Gasteiger partial charge in [-0.25, -0.2) is 4.99 Å². The first-order chi connectivity index (χ1) is 13.2. The van der Waals surface area contributed by atoms with Gasteiger partial charge in [0.15, 0.2) is 11.8 Å². The molecule has 0 spiro atoms. The predicted molar refractivity (Wildman–Crippen MR) is 107 cm³/mol. The van der Waals surface area contributed by atoms with Gasteiger partial charge in [0.2, 0.25) is 0 Å². The summed E-state index contributed by atoms with van der Waals surface area (Å²) in [5, 5.41) is 15.5. The summed E-state index contributed by atoms with van der Waals surface area (Å²) in [7, 11) is 1.98. The number of rotatable bonds is 7. The number of nitrogens with zero attached hydrogens (tertiary/aromatic N) is 5. The summed E-state index contributed by atoms with van der Waals surface area (Å²) in [5.74, 6) is 2.65. The zero-order valence-electron chi connectivity index (χ0n) is 17.1. The molecular weight excluding hydrogens is 342 g/mol. The fourth-order valence-corrected chi connectivity index (χ4v) is 3.72. The Hall–Kier alpha value is -1.67. The molecule has 1 aromatic rings. The van der Waals surface area contributed by atoms with Crippen LogP contribution in [0.4, 0.5) is 0 Å². The summed E-state index contributed by atoms with van der Waals surface area (Å²) >= 11 is 0. The van der Waals surface area contributed by atoms with E-state index < -0.39 is 0 Å². The van der Waals surface area contributed by atoms with Crippen molar-refractivity contribution in [1.82, 2.24) is 30.3 Å². The summed E-state index contributed by atoms with van der Waals surface area (Å²) in [6, 6.07) is 0.468. The van der Waals surface area contributed by atoms with Crippen molar-refractivity contribution >= 4 is 5.96 Å². The van der Waals surface area contributed by atoms with Crippen molar-refractivity contribution in [2.45, 2.75) is 64.6 Å². The Kier molecular flexibility index (Phi) is 7.46. The number of piperidine rings is 1. The van der Waals surface area contributed by atoms with Crippen molar-refractivity contribution in [3.8, 4) is 0 Å². The third-order valence-corrected chi connectivity index (χ3v) is 5.55. The van der Waals surface area contributed by atoms with E-state index in [9.17, 15) is 0 Å². The lowest BCUT2D eigenvalue weighted by Gasteiger charge is -2.33. The van der Waals surface area contributed by atoms with E-state index in [1.54, 1.807) is 0 Å². The number of hydrogen-bond donors (Lipinski definition) is 2. The van der Waals surface area contributed by atoms with Crippen LogP contribution in [0.1, 0.15) is 50.7 Å². The summed E-state index contributed by atoms with van der Waals surface area (Å²) in [5.41, 5.74) is 0. The maximum atomic E-state index is 5.74. The van der Waals surface area contributed by atoms with Crippen LogP contribution in [0.2, 0.25) is 0 Å². The molecule has 3 heterocycles. The standard InChI is InChI=1S/C19H35N7O/c1-4-9-26-10-7-16(8-11-26)22-19(20-13-17-6-5-12-27-17)21-14-18-24-23-15(2)25(18)3/h16-17H,4-14H2,1-3H3,(H2,20,21,22). The van der Waals surface area contributed by atoms with Crippen molar-refractivity contribution in [2.24, 2.45) is 12.0 Å². The number of nitrogens with one attached hydrogen (secondary N) is 2. The molecule has 1 atom stereocenters. The van der Waals surface area contributed by atoms with Gasteiger partial charge >= 0.3 is 0 Å². The molecule has 0 amide bonds. The second-order valence-electron chi connectivity index (χ2n) is 7.66. The van der Waals surface area contributed by atoms with Gasteiger partial charge in [0.05, 0.1) is 6.10 Å². The Balaban J connectivity index is 1.56. The number of aliphatic imine (C=N–C) groups is 1. The fraction of sp³-hybridized carbons (Fsp3) is 0.842. The SMILES string of the molecule is CCCN1CCC(NC(=NCc2nnc(C)n2C)NCC2CCCO2)CC1. The van der Waals surface area contributed by atoms with Crippen molar-refractivity contribution < 1.29 is 4.74 Å². The Morgan fingerprint density at radius 2 is 2.07 bits per heavy atom. The minimum atomic E-state index is 0.292. The van der Waals surface area contributed by atoms with Crippen LogP contribution < -0.4 is 10.6 Å². The van der Waals surface area contributed by atoms with E-state index >= 15 is 0 Å². The molecule has 2 fully saturated rings. The van der Waals surface area contributed by atoms with E-state index in [1.807, 2.05) is 18.5 Å². The highest BCUT2D eigenvalue weighted by Gasteiger charge is 2.21. The Labute approximate surface area is 162 Å². The molecule has 0 radical (unpaired) electrons. The van der Waals surface area contributed by atoms with Gasteiger partial charge in [-0.05, 0) is 45.6 Å². The molecule has 0 bridgehead atoms. The van der Waals surface area contributed by atoms with Crippen LogP contribution in [0.3, 0.4) is 0 Å². The van der Waals surface area contributed by atoms with E-state index in [4.69, 9.17) is 9.73 Å². The Morgan fingerprint density at radius 3 is 2.70 bits per heavy atom. The van der Waals surface area contributed by atoms with Crippen LogP contribution in [0.5, 0.6) is 0 Å². The smallest absolute Gasteiger partial charge is 0.192 e. The second-order valence-corrected chi connectivity index (χ2v) is 7.66. The molecule has 0 aliphatic carbocycles. The third kappa shape index (κ3) is 5.90. The van der Waals surface area contributed by atoms with Crippen LogP contribution in [-0.2, 0) is 18.3 Å². The van der Waals surface area contributed by atoms with Gasteiger partial charge in [0.1, 0.15) is 12.4 Å². The average molecular weight is 378 g/mol. The van der Waals surface area contributed by atoms with Gasteiger partial charge in [0.25, 0.3) is 0 Å². The molecule has 0 saturated carbocycles. The van der Waals surface area contributed by atoms with Gasteiger partial charge in [-0.15, -0.1) is 10.2 Å². The molecule has 3 rings (SSSR count). The highest BCUT2D eigenvalue weighted by molar-refractivity contribution is 5.80. The largest absolute Gasteiger partial charge is 0.376 e. The van der Waals surface area contributed by atoms with Gasteiger partial charge in [-0.1, -0.05) is 6.92 Å². The molecule has 2 aliphatic rings. The van der Waals surface area contributed by atoms with Crippen LogP contribution in [0.15, 0.2) is 4.99 Å². The van der Waals surface area contributed by atoms with Crippen LogP contribution in [-0.4, -0.2) is 70.6 Å². The van der Waals surface area contributed by atoms with E-state index in [0.717, 1.165) is 69.5 Å². The van der Waals surface area contributed by atoms with Gasteiger partial charge in [0, 0.05) is 39.3 Å². The maximum absolute atomic E-state index is 5.74. The second kappa shape index (κ2) is 10.0. The quantitative estimate of drug-likeness (QED) is 0.549. The zero-order chi connectivity index (χ0) is 19.1. The molecule has 8 heteroatoms. The number of likely N-dealkylation sites (tertiary alicyclic amines) is 1. The van der Waals surface area contributed by atoms with Gasteiger partial charge in [-0.3, -0.25) is 0 Å². The first kappa shape index (κ1) is 20.1. The van der Waals surface area contributed by atoms with Crippen molar-refractivity contribution in [1.29, 1.82) is 0 Å². The number of hydrogen-bond acceptors (Lipinski definition) is 5. The minimum absolute atomic E-state index is 0.292. The van der Waals surface area contributed by atoms with E-state index in [1.165, 1.54) is 13.0 Å². The number of guanidine groups is 1. The van der Waals surface area contributed by atoms with Gasteiger partial charge < -0.3 is 24.8 Å². The molecule has 8 nitrogen and oxygen atoms in total. The maximum Gasteiger partial charge on any atom is 0.192 e. The summed E-state index contributed by atoms with van der Waals surface area (Å²) in [6.07, 6.45) is 6.11. The summed E-state index contributed by atoms with van der Waals surface area (Å²) < 4.78 is 7.73. The first-order valence-corrected chi connectivity index (χ1v) is 10.4. The molecule has 1 unspecified atom stereocenters. The molecule has 1 aromatic heterocycles. The minimum Gasteiger partial charge on any atom is -0.376 e. The fourth-order valence-electron chi connectivity index (χ4n) is 3.72. The molecule has 2 N–H and O–H groups in total. The van der Waals surface area contributed by atoms with Crippen molar-refractivity contribution in [3.05, 3.63) is 11.6 Å². The van der Waals surface area contributed by atoms with Crippen LogP contribution >= 0.6 is 0 Å². The predicted octanol–water partition coefficient (Wildman–Crippen LogP) is 1.21. The topological polar surface area (TPSA) is 79.6 Å². The molecule has 0 aromatic carbocycles. The first-order valence-electron chi connectivity index (χ1n) is 10.4. The monoisotopic (exact) mass is 377 g/mol. The third-order valence-electron chi connectivity index (χ3n) is 5.55. The highest BCUT2D eigenvalue weighted by atomic mass is 16.5. The number of ether oxygens (including phenoxy) is 1. The lowest BCUT2D eigenvalue weighted by molar-refractivity contribution is 0.113. The van der Waals surface area contributed by atoms with Crippen LogP contribution in [0.25, 0.3) is 0 Å². The van der Waals surface area contributed by atoms with E-state index in [2.05, 4.69) is 32.7 Å². The number of aryl methyl sites for hydroxylation is 1. The van der Waals surface area contributed by atoms with Crippen molar-refractivity contribution in [2.75, 3.05) is 32.8 Å². The van der Waals surface area contributed by atoms with Crippen LogP contribution in [0, 0.1) is 6.92 Å². The zero-order valence-corrected chi connectivity index (χ0v) is 17.1. The van der Waals surface area contributed by atoms with Gasteiger partial charge in [-0.2, -0.15) is 0 Å². The highest BCUT2D eigenvalue weighted by Crippen LogP contribution is 2.12. The summed E-state index contributed by atoms with van der Waals surface area (Å²) in [4.78, 5) is 7.33. The van der Waals surface area contributed by atoms with E-state index in [0.29, 0.717) is 18.7 Å². The summed E-state index contributed by atoms with van der Waals surface area (Å²) in [6.45, 7) is 9.93. The normalized spacial score (nSPS) is 22.3. The molecule has 2 aliphatic heterocycles. The molecular formula is C19H35N7O. The lowest BCUT2D eigenvalue weighted by Crippen LogP contribution is -2.50. The lowest BCUT2D eigenvalue weighted by atomic mass is 10.1. The molecule has 2 saturated heterocycles. The molecule has 27 heavy (non-hydrogen) atoms. The Morgan fingerprint density at radius 1 is 1.26 bits per heavy atom. The number of aromatic nitrogens is 3.